The topological polar surface area (TPSA) is 67.6 Å². The van der Waals surface area contributed by atoms with Crippen molar-refractivity contribution in [1.29, 1.82) is 5.26 Å². The highest BCUT2D eigenvalue weighted by atomic mass is 15.1. The maximum absolute atomic E-state index is 8.85. The number of benzene rings is 1. The molecule has 1 aromatic heterocycles. The number of rotatable bonds is 1. The Morgan fingerprint density at radius 2 is 2.27 bits per heavy atom. The summed E-state index contributed by atoms with van der Waals surface area (Å²) < 4.78 is 1.90. The van der Waals surface area contributed by atoms with Gasteiger partial charge in [-0.05, 0) is 25.1 Å². The van der Waals surface area contributed by atoms with E-state index < -0.39 is 0 Å². The van der Waals surface area contributed by atoms with E-state index in [9.17, 15) is 0 Å². The van der Waals surface area contributed by atoms with Gasteiger partial charge in [0.15, 0.2) is 0 Å². The molecule has 0 aliphatic carbocycles. The lowest BCUT2D eigenvalue weighted by atomic mass is 10.2. The second kappa shape index (κ2) is 3.46. The summed E-state index contributed by atoms with van der Waals surface area (Å²) in [6.45, 7) is 1.91. The van der Waals surface area contributed by atoms with Crippen LogP contribution >= 0.6 is 0 Å². The van der Waals surface area contributed by atoms with Gasteiger partial charge in [0.2, 0.25) is 0 Å². The molecular weight excluding hydrogens is 188 g/mol. The van der Waals surface area contributed by atoms with Crippen LogP contribution in [0.15, 0.2) is 30.6 Å². The molecule has 2 N–H and O–H groups in total. The summed E-state index contributed by atoms with van der Waals surface area (Å²) in [5.41, 5.74) is 7.53. The second-order valence-corrected chi connectivity index (χ2v) is 3.23. The largest absolute Gasteiger partial charge is 0.398 e. The summed E-state index contributed by atoms with van der Waals surface area (Å²) >= 11 is 0. The van der Waals surface area contributed by atoms with Crippen LogP contribution in [-0.2, 0) is 0 Å². The molecule has 1 heterocycles. The van der Waals surface area contributed by atoms with Gasteiger partial charge < -0.3 is 10.3 Å². The fourth-order valence-electron chi connectivity index (χ4n) is 1.44. The summed E-state index contributed by atoms with van der Waals surface area (Å²) in [5, 5.41) is 8.85. The number of hydrogen-bond donors (Lipinski definition) is 1. The zero-order valence-corrected chi connectivity index (χ0v) is 8.31. The lowest BCUT2D eigenvalue weighted by Gasteiger charge is -2.06. The van der Waals surface area contributed by atoms with E-state index in [1.54, 1.807) is 18.3 Å². The normalized spacial score (nSPS) is 9.87. The lowest BCUT2D eigenvalue weighted by Crippen LogP contribution is -1.98. The molecule has 0 aliphatic heterocycles. The molecule has 0 saturated carbocycles. The smallest absolute Gasteiger partial charge is 0.110 e. The molecule has 2 rings (SSSR count). The van der Waals surface area contributed by atoms with Crippen LogP contribution in [0.3, 0.4) is 0 Å². The Bertz CT molecular complexity index is 534. The van der Waals surface area contributed by atoms with Gasteiger partial charge in [-0.15, -0.1) is 0 Å². The van der Waals surface area contributed by atoms with Crippen molar-refractivity contribution in [2.75, 3.05) is 5.73 Å². The number of aromatic nitrogens is 2. The van der Waals surface area contributed by atoms with Crippen LogP contribution in [0.4, 0.5) is 5.69 Å². The molecule has 0 fully saturated rings. The number of nitrogens with zero attached hydrogens (tertiary/aromatic N) is 3. The molecule has 0 radical (unpaired) electrons. The Balaban J connectivity index is 2.57. The number of hydrogen-bond acceptors (Lipinski definition) is 3. The average molecular weight is 198 g/mol. The van der Waals surface area contributed by atoms with Crippen LogP contribution in [0.25, 0.3) is 5.69 Å². The van der Waals surface area contributed by atoms with Gasteiger partial charge >= 0.3 is 0 Å². The molecule has 15 heavy (non-hydrogen) atoms. The maximum atomic E-state index is 8.85. The first-order chi connectivity index (χ1) is 7.22. The summed E-state index contributed by atoms with van der Waals surface area (Å²) in [6, 6.07) is 7.41. The molecule has 0 bridgehead atoms. The Morgan fingerprint density at radius 1 is 1.47 bits per heavy atom. The van der Waals surface area contributed by atoms with Gasteiger partial charge in [0.25, 0.3) is 0 Å². The highest BCUT2D eigenvalue weighted by Crippen LogP contribution is 2.17. The van der Waals surface area contributed by atoms with Crippen LogP contribution in [0.1, 0.15) is 11.4 Å². The summed E-state index contributed by atoms with van der Waals surface area (Å²) in [6.07, 6.45) is 3.57. The van der Waals surface area contributed by atoms with E-state index in [2.05, 4.69) is 11.1 Å². The molecule has 0 aliphatic rings. The van der Waals surface area contributed by atoms with E-state index in [1.807, 2.05) is 23.8 Å². The zero-order chi connectivity index (χ0) is 10.8. The Hall–Kier alpha value is -2.28. The molecule has 0 atom stereocenters. The van der Waals surface area contributed by atoms with Gasteiger partial charge in [-0.3, -0.25) is 0 Å². The van der Waals surface area contributed by atoms with Crippen molar-refractivity contribution in [1.82, 2.24) is 9.55 Å². The Morgan fingerprint density at radius 3 is 2.87 bits per heavy atom. The van der Waals surface area contributed by atoms with Crippen molar-refractivity contribution in [3.05, 3.63) is 42.0 Å². The van der Waals surface area contributed by atoms with Gasteiger partial charge in [-0.2, -0.15) is 5.26 Å². The monoisotopic (exact) mass is 198 g/mol. The quantitative estimate of drug-likeness (QED) is 0.708. The van der Waals surface area contributed by atoms with E-state index >= 15 is 0 Å². The van der Waals surface area contributed by atoms with Crippen molar-refractivity contribution < 1.29 is 0 Å². The first-order valence-corrected chi connectivity index (χ1v) is 4.52. The van der Waals surface area contributed by atoms with Crippen molar-refractivity contribution >= 4 is 5.69 Å². The van der Waals surface area contributed by atoms with E-state index in [0.717, 1.165) is 11.5 Å². The molecule has 0 amide bonds. The minimum absolute atomic E-state index is 0.487. The molecule has 4 nitrogen and oxygen atoms in total. The fraction of sp³-hybridized carbons (Fsp3) is 0.0909. The number of nitriles is 1. The van der Waals surface area contributed by atoms with Crippen molar-refractivity contribution in [3.8, 4) is 11.8 Å². The molecule has 1 aromatic carbocycles. The predicted octanol–water partition coefficient (Wildman–Crippen LogP) is 1.63. The molecular formula is C11H10N4. The number of aryl methyl sites for hydroxylation is 1. The third-order valence-corrected chi connectivity index (χ3v) is 2.26. The number of nitrogens with two attached hydrogens (primary N) is 1. The van der Waals surface area contributed by atoms with Crippen LogP contribution in [0.5, 0.6) is 0 Å². The minimum Gasteiger partial charge on any atom is -0.398 e. The number of anilines is 1. The molecule has 74 valence electrons. The van der Waals surface area contributed by atoms with Crippen LogP contribution in [-0.4, -0.2) is 9.55 Å². The first kappa shape index (κ1) is 9.28. The first-order valence-electron chi connectivity index (χ1n) is 4.52. The maximum Gasteiger partial charge on any atom is 0.110 e. The number of nitrogen functional groups attached to an aromatic ring is 1. The van der Waals surface area contributed by atoms with Gasteiger partial charge in [0.05, 0.1) is 5.56 Å². The summed E-state index contributed by atoms with van der Waals surface area (Å²) in [4.78, 5) is 4.12. The van der Waals surface area contributed by atoms with Gasteiger partial charge in [-0.1, -0.05) is 0 Å². The SMILES string of the molecule is Cc1nccn1-c1ccc(N)c(C#N)c1. The van der Waals surface area contributed by atoms with Crippen molar-refractivity contribution in [3.63, 3.8) is 0 Å². The van der Waals surface area contributed by atoms with Crippen LogP contribution < -0.4 is 5.73 Å². The molecule has 0 spiro atoms. The third kappa shape index (κ3) is 1.55. The lowest BCUT2D eigenvalue weighted by molar-refractivity contribution is 0.974. The van der Waals surface area contributed by atoms with Gasteiger partial charge in [0.1, 0.15) is 11.9 Å². The fourth-order valence-corrected chi connectivity index (χ4v) is 1.44. The van der Waals surface area contributed by atoms with E-state index in [1.165, 1.54) is 0 Å². The molecule has 2 aromatic rings. The molecule has 0 saturated heterocycles. The third-order valence-electron chi connectivity index (χ3n) is 2.26. The van der Waals surface area contributed by atoms with Crippen molar-refractivity contribution in [2.24, 2.45) is 0 Å². The van der Waals surface area contributed by atoms with E-state index in [4.69, 9.17) is 11.0 Å². The standard InChI is InChI=1S/C11H10N4/c1-8-14-4-5-15(8)10-2-3-11(13)9(6-10)7-12/h2-6H,13H2,1H3. The van der Waals surface area contributed by atoms with Crippen molar-refractivity contribution in [2.45, 2.75) is 6.92 Å². The summed E-state index contributed by atoms with van der Waals surface area (Å²) in [7, 11) is 0. The Kier molecular flexibility index (Phi) is 2.14. The molecule has 4 heteroatoms. The second-order valence-electron chi connectivity index (χ2n) is 3.23. The van der Waals surface area contributed by atoms with Gasteiger partial charge in [-0.25, -0.2) is 4.98 Å². The summed E-state index contributed by atoms with van der Waals surface area (Å²) in [5.74, 6) is 0.878. The van der Waals surface area contributed by atoms with E-state index in [-0.39, 0.29) is 0 Å². The number of imidazole rings is 1. The Labute approximate surface area is 87.6 Å². The highest BCUT2D eigenvalue weighted by molar-refractivity contribution is 5.58. The zero-order valence-electron chi connectivity index (χ0n) is 8.31. The van der Waals surface area contributed by atoms with Gasteiger partial charge in [0, 0.05) is 23.8 Å². The highest BCUT2D eigenvalue weighted by Gasteiger charge is 2.03. The van der Waals surface area contributed by atoms with E-state index in [0.29, 0.717) is 11.3 Å². The van der Waals surface area contributed by atoms with Crippen LogP contribution in [0, 0.1) is 18.3 Å². The van der Waals surface area contributed by atoms with Crippen LogP contribution in [0.2, 0.25) is 0 Å². The average Bonchev–Trinajstić information content (AvgIpc) is 2.65. The predicted molar refractivity (Wildman–Crippen MR) is 57.4 cm³/mol. The molecule has 0 unspecified atom stereocenters. The minimum atomic E-state index is 0.487.